The Bertz CT molecular complexity index is 517. The van der Waals surface area contributed by atoms with Crippen LogP contribution in [0.3, 0.4) is 0 Å². The third-order valence-corrected chi connectivity index (χ3v) is 3.49. The van der Waals surface area contributed by atoms with Crippen LogP contribution in [0.2, 0.25) is 0 Å². The number of nitrogen functional groups attached to an aromatic ring is 1. The van der Waals surface area contributed by atoms with Gasteiger partial charge in [-0.25, -0.2) is 9.67 Å². The molecule has 92 valence electrons. The van der Waals surface area contributed by atoms with Crippen molar-refractivity contribution < 1.29 is 0 Å². The van der Waals surface area contributed by atoms with Gasteiger partial charge < -0.3 is 5.73 Å². The van der Waals surface area contributed by atoms with Gasteiger partial charge in [0.15, 0.2) is 5.65 Å². The molecule has 0 aliphatic rings. The second-order valence-corrected chi connectivity index (χ2v) is 4.84. The molecule has 2 heterocycles. The second-order valence-electron chi connectivity index (χ2n) is 4.84. The molecule has 0 spiro atoms. The Morgan fingerprint density at radius 3 is 2.76 bits per heavy atom. The Morgan fingerprint density at radius 1 is 1.35 bits per heavy atom. The molecular formula is C13H20N4. The molecular weight excluding hydrogens is 212 g/mol. The topological polar surface area (TPSA) is 56.7 Å². The zero-order valence-corrected chi connectivity index (χ0v) is 10.8. The molecule has 0 aromatic carbocycles. The van der Waals surface area contributed by atoms with Crippen LogP contribution in [-0.2, 0) is 5.54 Å². The first-order valence-electron chi connectivity index (χ1n) is 6.20. The Labute approximate surface area is 102 Å². The number of nitrogens with zero attached hydrogens (tertiary/aromatic N) is 3. The Hall–Kier alpha value is -1.58. The highest BCUT2D eigenvalue weighted by Gasteiger charge is 2.26. The highest BCUT2D eigenvalue weighted by Crippen LogP contribution is 2.29. The van der Waals surface area contributed by atoms with Crippen molar-refractivity contribution in [3.05, 3.63) is 18.5 Å². The standard InChI is InChI=1S/C13H20N4/c1-4-6-13(3,5-2)17-12-10(8-16-17)7-11(14)9-15-12/h7-9H,4-6,14H2,1-3H3. The largest absolute Gasteiger partial charge is 0.397 e. The first-order valence-corrected chi connectivity index (χ1v) is 6.20. The normalized spacial score (nSPS) is 15.0. The maximum Gasteiger partial charge on any atom is 0.158 e. The number of anilines is 1. The van der Waals surface area contributed by atoms with Crippen molar-refractivity contribution in [1.29, 1.82) is 0 Å². The molecule has 2 N–H and O–H groups in total. The van der Waals surface area contributed by atoms with E-state index in [9.17, 15) is 0 Å². The van der Waals surface area contributed by atoms with Gasteiger partial charge in [0.25, 0.3) is 0 Å². The number of fused-ring (bicyclic) bond motifs is 1. The van der Waals surface area contributed by atoms with Gasteiger partial charge in [-0.05, 0) is 25.8 Å². The molecule has 0 aliphatic carbocycles. The third kappa shape index (κ3) is 1.99. The highest BCUT2D eigenvalue weighted by atomic mass is 15.3. The van der Waals surface area contributed by atoms with Crippen molar-refractivity contribution in [2.24, 2.45) is 0 Å². The minimum atomic E-state index is 0.0413. The molecule has 2 rings (SSSR count). The third-order valence-electron chi connectivity index (χ3n) is 3.49. The lowest BCUT2D eigenvalue weighted by atomic mass is 9.93. The van der Waals surface area contributed by atoms with E-state index in [1.54, 1.807) is 6.20 Å². The molecule has 0 saturated heterocycles. The molecule has 0 aliphatic heterocycles. The SMILES string of the molecule is CCCC(C)(CC)n1ncc2cc(N)cnc21. The monoisotopic (exact) mass is 232 g/mol. The summed E-state index contributed by atoms with van der Waals surface area (Å²) in [6.45, 7) is 6.63. The molecule has 2 aromatic rings. The van der Waals surface area contributed by atoms with Gasteiger partial charge in [-0.1, -0.05) is 20.3 Å². The lowest BCUT2D eigenvalue weighted by Crippen LogP contribution is -2.30. The first-order chi connectivity index (χ1) is 8.10. The van der Waals surface area contributed by atoms with E-state index in [4.69, 9.17) is 5.73 Å². The van der Waals surface area contributed by atoms with Crippen LogP contribution in [0.4, 0.5) is 5.69 Å². The molecule has 4 nitrogen and oxygen atoms in total. The average Bonchev–Trinajstić information content (AvgIpc) is 2.72. The van der Waals surface area contributed by atoms with Gasteiger partial charge in [0.1, 0.15) is 0 Å². The number of pyridine rings is 1. The number of rotatable bonds is 4. The summed E-state index contributed by atoms with van der Waals surface area (Å²) in [5.74, 6) is 0. The molecule has 17 heavy (non-hydrogen) atoms. The van der Waals surface area contributed by atoms with Crippen molar-refractivity contribution in [3.63, 3.8) is 0 Å². The van der Waals surface area contributed by atoms with Crippen molar-refractivity contribution in [1.82, 2.24) is 14.8 Å². The molecule has 4 heteroatoms. The Balaban J connectivity index is 2.54. The number of hydrogen-bond acceptors (Lipinski definition) is 3. The van der Waals surface area contributed by atoms with E-state index in [2.05, 4.69) is 30.9 Å². The van der Waals surface area contributed by atoms with Crippen LogP contribution >= 0.6 is 0 Å². The first kappa shape index (κ1) is 11.9. The van der Waals surface area contributed by atoms with Crippen molar-refractivity contribution in [2.75, 3.05) is 5.73 Å². The summed E-state index contributed by atoms with van der Waals surface area (Å²) in [6, 6.07) is 1.92. The minimum absolute atomic E-state index is 0.0413. The predicted molar refractivity (Wildman–Crippen MR) is 70.8 cm³/mol. The molecule has 0 amide bonds. The van der Waals surface area contributed by atoms with Crippen LogP contribution in [0, 0.1) is 0 Å². The predicted octanol–water partition coefficient (Wildman–Crippen LogP) is 2.94. The molecule has 2 aromatic heterocycles. The van der Waals surface area contributed by atoms with Gasteiger partial charge in [0.05, 0.1) is 23.6 Å². The van der Waals surface area contributed by atoms with Crippen LogP contribution < -0.4 is 5.73 Å². The highest BCUT2D eigenvalue weighted by molar-refractivity contribution is 5.77. The van der Waals surface area contributed by atoms with E-state index in [0.29, 0.717) is 5.69 Å². The van der Waals surface area contributed by atoms with E-state index in [1.165, 1.54) is 0 Å². The van der Waals surface area contributed by atoms with E-state index in [0.717, 1.165) is 30.3 Å². The van der Waals surface area contributed by atoms with Crippen LogP contribution in [0.5, 0.6) is 0 Å². The molecule has 1 unspecified atom stereocenters. The lowest BCUT2D eigenvalue weighted by molar-refractivity contribution is 0.259. The summed E-state index contributed by atoms with van der Waals surface area (Å²) in [5.41, 5.74) is 7.39. The fourth-order valence-electron chi connectivity index (χ4n) is 2.30. The molecule has 0 saturated carbocycles. The van der Waals surface area contributed by atoms with E-state index in [1.807, 2.05) is 16.9 Å². The van der Waals surface area contributed by atoms with Gasteiger partial charge in [-0.2, -0.15) is 5.10 Å². The Morgan fingerprint density at radius 2 is 2.12 bits per heavy atom. The molecule has 1 atom stereocenters. The van der Waals surface area contributed by atoms with Gasteiger partial charge >= 0.3 is 0 Å². The van der Waals surface area contributed by atoms with Crippen LogP contribution in [0.15, 0.2) is 18.5 Å². The lowest BCUT2D eigenvalue weighted by Gasteiger charge is -2.28. The number of aromatic nitrogens is 3. The van der Waals surface area contributed by atoms with E-state index < -0.39 is 0 Å². The summed E-state index contributed by atoms with van der Waals surface area (Å²) in [7, 11) is 0. The van der Waals surface area contributed by atoms with Gasteiger partial charge in [-0.3, -0.25) is 0 Å². The van der Waals surface area contributed by atoms with Crippen LogP contribution in [0.25, 0.3) is 11.0 Å². The van der Waals surface area contributed by atoms with Crippen molar-refractivity contribution in [2.45, 2.75) is 45.6 Å². The quantitative estimate of drug-likeness (QED) is 0.881. The number of nitrogens with two attached hydrogens (primary N) is 1. The van der Waals surface area contributed by atoms with Gasteiger partial charge in [0.2, 0.25) is 0 Å². The van der Waals surface area contributed by atoms with Crippen molar-refractivity contribution in [3.8, 4) is 0 Å². The smallest absolute Gasteiger partial charge is 0.158 e. The van der Waals surface area contributed by atoms with E-state index in [-0.39, 0.29) is 5.54 Å². The van der Waals surface area contributed by atoms with Crippen LogP contribution in [-0.4, -0.2) is 14.8 Å². The molecule has 0 bridgehead atoms. The maximum atomic E-state index is 5.73. The maximum absolute atomic E-state index is 5.73. The summed E-state index contributed by atoms with van der Waals surface area (Å²) in [5, 5.41) is 5.51. The molecule has 0 radical (unpaired) electrons. The summed E-state index contributed by atoms with van der Waals surface area (Å²) >= 11 is 0. The fourth-order valence-corrected chi connectivity index (χ4v) is 2.30. The summed E-state index contributed by atoms with van der Waals surface area (Å²) in [4.78, 5) is 4.41. The fraction of sp³-hybridized carbons (Fsp3) is 0.538. The van der Waals surface area contributed by atoms with E-state index >= 15 is 0 Å². The zero-order valence-electron chi connectivity index (χ0n) is 10.8. The average molecular weight is 232 g/mol. The number of hydrogen-bond donors (Lipinski definition) is 1. The van der Waals surface area contributed by atoms with Crippen LogP contribution in [0.1, 0.15) is 40.0 Å². The van der Waals surface area contributed by atoms with Gasteiger partial charge in [-0.15, -0.1) is 0 Å². The summed E-state index contributed by atoms with van der Waals surface area (Å²) in [6.07, 6.45) is 6.83. The Kier molecular flexibility index (Phi) is 3.05. The van der Waals surface area contributed by atoms with Crippen molar-refractivity contribution >= 4 is 16.7 Å². The second kappa shape index (κ2) is 4.35. The van der Waals surface area contributed by atoms with Gasteiger partial charge in [0, 0.05) is 5.39 Å². The summed E-state index contributed by atoms with van der Waals surface area (Å²) < 4.78 is 2.05. The minimum Gasteiger partial charge on any atom is -0.397 e. The zero-order chi connectivity index (χ0) is 12.5. The molecule has 0 fully saturated rings.